The second-order valence-corrected chi connectivity index (χ2v) is 8.90. The number of aromatic amines is 1. The largest absolute Gasteiger partial charge is 0.347 e. The Morgan fingerprint density at radius 1 is 1.17 bits per heavy atom. The van der Waals surface area contributed by atoms with E-state index in [9.17, 15) is 9.59 Å². The highest BCUT2D eigenvalue weighted by Crippen LogP contribution is 2.34. The molecule has 0 aliphatic heterocycles. The number of benzene rings is 1. The summed E-state index contributed by atoms with van der Waals surface area (Å²) < 4.78 is 3.93. The van der Waals surface area contributed by atoms with E-state index in [4.69, 9.17) is 0 Å². The number of hydrogen-bond donors (Lipinski definition) is 1. The standard InChI is InChI=1S/C23H29N5O2/c1-26(15-21-24-11-12-25-21)22(29)17-9-10-19-20(13-17)27(14-16-7-8-16)23(30)28(19)18-5-3-2-4-6-18/h9-13,16,18H,2-8,14-15H2,1H3,(H,24,25). The number of carbonyl (C=O) groups is 1. The van der Waals surface area contributed by atoms with E-state index in [1.807, 2.05) is 27.3 Å². The molecule has 0 radical (unpaired) electrons. The number of fused-ring (bicyclic) bond motifs is 1. The number of hydrogen-bond acceptors (Lipinski definition) is 3. The summed E-state index contributed by atoms with van der Waals surface area (Å²) in [6, 6.07) is 6.03. The van der Waals surface area contributed by atoms with E-state index in [0.29, 0.717) is 18.0 Å². The van der Waals surface area contributed by atoms with Crippen molar-refractivity contribution in [3.05, 3.63) is 52.5 Å². The monoisotopic (exact) mass is 407 g/mol. The van der Waals surface area contributed by atoms with Gasteiger partial charge in [-0.2, -0.15) is 0 Å². The van der Waals surface area contributed by atoms with E-state index in [-0.39, 0.29) is 17.6 Å². The lowest BCUT2D eigenvalue weighted by atomic mass is 9.95. The Balaban J connectivity index is 1.52. The lowest BCUT2D eigenvalue weighted by molar-refractivity contribution is 0.0782. The summed E-state index contributed by atoms with van der Waals surface area (Å²) in [5, 5.41) is 0. The van der Waals surface area contributed by atoms with Crippen molar-refractivity contribution in [1.29, 1.82) is 0 Å². The minimum Gasteiger partial charge on any atom is -0.347 e. The molecule has 0 bridgehead atoms. The maximum atomic E-state index is 13.4. The second kappa shape index (κ2) is 7.78. The van der Waals surface area contributed by atoms with Gasteiger partial charge in [-0.15, -0.1) is 0 Å². The number of imidazole rings is 2. The summed E-state index contributed by atoms with van der Waals surface area (Å²) in [7, 11) is 1.78. The van der Waals surface area contributed by atoms with Crippen molar-refractivity contribution < 1.29 is 4.79 Å². The summed E-state index contributed by atoms with van der Waals surface area (Å²) in [6.07, 6.45) is 11.6. The number of H-pyrrole nitrogens is 1. The van der Waals surface area contributed by atoms with Crippen molar-refractivity contribution in [2.24, 2.45) is 5.92 Å². The average Bonchev–Trinajstić information content (AvgIpc) is 3.37. The molecule has 2 aliphatic rings. The highest BCUT2D eigenvalue weighted by Gasteiger charge is 2.28. The SMILES string of the molecule is CN(Cc1ncc[nH]1)C(=O)c1ccc2c(c1)n(CC1CC1)c(=O)n2C1CCCCC1. The summed E-state index contributed by atoms with van der Waals surface area (Å²) >= 11 is 0. The first-order valence-electron chi connectivity index (χ1n) is 11.1. The topological polar surface area (TPSA) is 75.9 Å². The van der Waals surface area contributed by atoms with Crippen molar-refractivity contribution >= 4 is 16.9 Å². The van der Waals surface area contributed by atoms with Crippen LogP contribution in [-0.4, -0.2) is 37.0 Å². The fraction of sp³-hybridized carbons (Fsp3) is 0.522. The van der Waals surface area contributed by atoms with Gasteiger partial charge in [0.1, 0.15) is 5.82 Å². The lowest BCUT2D eigenvalue weighted by Gasteiger charge is -2.23. The zero-order valence-corrected chi connectivity index (χ0v) is 17.5. The minimum absolute atomic E-state index is 0.0656. The van der Waals surface area contributed by atoms with E-state index < -0.39 is 0 Å². The molecular weight excluding hydrogens is 378 g/mol. The van der Waals surface area contributed by atoms with Gasteiger partial charge in [0, 0.05) is 37.6 Å². The van der Waals surface area contributed by atoms with E-state index in [1.165, 1.54) is 32.1 Å². The molecule has 0 saturated heterocycles. The fourth-order valence-electron chi connectivity index (χ4n) is 4.74. The molecule has 7 heteroatoms. The molecule has 1 aromatic carbocycles. The van der Waals surface area contributed by atoms with Crippen LogP contribution in [0.1, 0.15) is 67.2 Å². The smallest absolute Gasteiger partial charge is 0.329 e. The molecular formula is C23H29N5O2. The van der Waals surface area contributed by atoms with Crippen LogP contribution in [0.2, 0.25) is 0 Å². The number of amides is 1. The van der Waals surface area contributed by atoms with Gasteiger partial charge in [-0.1, -0.05) is 19.3 Å². The first kappa shape index (κ1) is 19.2. The van der Waals surface area contributed by atoms with Crippen LogP contribution in [0.25, 0.3) is 11.0 Å². The molecule has 5 rings (SSSR count). The zero-order chi connectivity index (χ0) is 20.7. The molecule has 3 aromatic rings. The second-order valence-electron chi connectivity index (χ2n) is 8.90. The fourth-order valence-corrected chi connectivity index (χ4v) is 4.74. The predicted octanol–water partition coefficient (Wildman–Crippen LogP) is 3.71. The molecule has 1 N–H and O–H groups in total. The Morgan fingerprint density at radius 3 is 2.67 bits per heavy atom. The van der Waals surface area contributed by atoms with Crippen LogP contribution in [0.4, 0.5) is 0 Å². The first-order valence-corrected chi connectivity index (χ1v) is 11.1. The normalized spacial score (nSPS) is 17.5. The Bertz CT molecular complexity index is 1100. The summed E-state index contributed by atoms with van der Waals surface area (Å²) in [6.45, 7) is 1.18. The van der Waals surface area contributed by atoms with Gasteiger partial charge in [-0.25, -0.2) is 9.78 Å². The third kappa shape index (κ3) is 3.57. The molecule has 2 fully saturated rings. The van der Waals surface area contributed by atoms with Crippen molar-refractivity contribution in [3.63, 3.8) is 0 Å². The molecule has 2 aliphatic carbocycles. The van der Waals surface area contributed by atoms with E-state index in [1.54, 1.807) is 24.3 Å². The number of rotatable bonds is 6. The summed E-state index contributed by atoms with van der Waals surface area (Å²) in [5.74, 6) is 1.28. The molecule has 30 heavy (non-hydrogen) atoms. The van der Waals surface area contributed by atoms with Gasteiger partial charge >= 0.3 is 5.69 Å². The third-order valence-corrected chi connectivity index (χ3v) is 6.58. The van der Waals surface area contributed by atoms with Crippen molar-refractivity contribution in [2.45, 2.75) is 64.1 Å². The molecule has 0 atom stereocenters. The van der Waals surface area contributed by atoms with Crippen LogP contribution >= 0.6 is 0 Å². The maximum Gasteiger partial charge on any atom is 0.329 e. The van der Waals surface area contributed by atoms with Gasteiger partial charge in [0.25, 0.3) is 5.91 Å². The van der Waals surface area contributed by atoms with Crippen molar-refractivity contribution in [1.82, 2.24) is 24.0 Å². The van der Waals surface area contributed by atoms with Gasteiger partial charge in [-0.3, -0.25) is 13.9 Å². The quantitative estimate of drug-likeness (QED) is 0.677. The molecule has 158 valence electrons. The Labute approximate surface area is 175 Å². The molecule has 2 heterocycles. The minimum atomic E-state index is -0.0656. The molecule has 2 aromatic heterocycles. The van der Waals surface area contributed by atoms with Crippen LogP contribution in [0.15, 0.2) is 35.4 Å². The number of nitrogens with one attached hydrogen (secondary N) is 1. The van der Waals surface area contributed by atoms with E-state index in [0.717, 1.165) is 36.2 Å². The van der Waals surface area contributed by atoms with Crippen LogP contribution < -0.4 is 5.69 Å². The van der Waals surface area contributed by atoms with Crippen LogP contribution in [0.5, 0.6) is 0 Å². The predicted molar refractivity (Wildman–Crippen MR) is 115 cm³/mol. The highest BCUT2D eigenvalue weighted by atomic mass is 16.2. The average molecular weight is 408 g/mol. The number of aromatic nitrogens is 4. The summed E-state index contributed by atoms with van der Waals surface area (Å²) in [5.41, 5.74) is 2.58. The van der Waals surface area contributed by atoms with Gasteiger partial charge in [0.15, 0.2) is 0 Å². The Kier molecular flexibility index (Phi) is 4.97. The molecule has 0 unspecified atom stereocenters. The lowest BCUT2D eigenvalue weighted by Crippen LogP contribution is -2.29. The van der Waals surface area contributed by atoms with Crippen molar-refractivity contribution in [3.8, 4) is 0 Å². The van der Waals surface area contributed by atoms with Gasteiger partial charge in [-0.05, 0) is 49.8 Å². The zero-order valence-electron chi connectivity index (χ0n) is 17.5. The Hall–Kier alpha value is -2.83. The van der Waals surface area contributed by atoms with E-state index in [2.05, 4.69) is 9.97 Å². The Morgan fingerprint density at radius 2 is 1.97 bits per heavy atom. The summed E-state index contributed by atoms with van der Waals surface area (Å²) in [4.78, 5) is 35.3. The van der Waals surface area contributed by atoms with Crippen LogP contribution in [0, 0.1) is 5.92 Å². The highest BCUT2D eigenvalue weighted by molar-refractivity contribution is 5.97. The van der Waals surface area contributed by atoms with Crippen LogP contribution in [-0.2, 0) is 13.1 Å². The van der Waals surface area contributed by atoms with Gasteiger partial charge in [0.2, 0.25) is 0 Å². The van der Waals surface area contributed by atoms with E-state index >= 15 is 0 Å². The molecule has 0 spiro atoms. The third-order valence-electron chi connectivity index (χ3n) is 6.58. The van der Waals surface area contributed by atoms with Gasteiger partial charge in [0.05, 0.1) is 17.6 Å². The van der Waals surface area contributed by atoms with Crippen molar-refractivity contribution in [2.75, 3.05) is 7.05 Å². The number of carbonyl (C=O) groups excluding carboxylic acids is 1. The van der Waals surface area contributed by atoms with Gasteiger partial charge < -0.3 is 9.88 Å². The first-order chi connectivity index (χ1) is 14.6. The maximum absolute atomic E-state index is 13.4. The number of nitrogens with zero attached hydrogens (tertiary/aromatic N) is 4. The molecule has 7 nitrogen and oxygen atoms in total. The van der Waals surface area contributed by atoms with Crippen LogP contribution in [0.3, 0.4) is 0 Å². The molecule has 2 saturated carbocycles. The molecule has 1 amide bonds.